The van der Waals surface area contributed by atoms with Gasteiger partial charge < -0.3 is 15.0 Å². The van der Waals surface area contributed by atoms with Crippen LogP contribution in [-0.2, 0) is 9.53 Å². The summed E-state index contributed by atoms with van der Waals surface area (Å²) in [5, 5.41) is 4.87. The first-order chi connectivity index (χ1) is 12.5. The van der Waals surface area contributed by atoms with Crippen molar-refractivity contribution >= 4 is 34.0 Å². The number of rotatable bonds is 5. The van der Waals surface area contributed by atoms with Gasteiger partial charge >= 0.3 is 5.97 Å². The summed E-state index contributed by atoms with van der Waals surface area (Å²) in [4.78, 5) is 26.0. The van der Waals surface area contributed by atoms with Crippen LogP contribution in [0.15, 0.2) is 66.7 Å². The molecule has 0 aliphatic heterocycles. The zero-order chi connectivity index (χ0) is 18.5. The summed E-state index contributed by atoms with van der Waals surface area (Å²) in [6.07, 6.45) is 0. The molecule has 1 N–H and O–H groups in total. The maximum Gasteiger partial charge on any atom is 0.338 e. The highest BCUT2D eigenvalue weighted by Gasteiger charge is 2.11. The molecule has 132 valence electrons. The van der Waals surface area contributed by atoms with Crippen LogP contribution in [-0.4, -0.2) is 32.6 Å². The minimum absolute atomic E-state index is 0.332. The van der Waals surface area contributed by atoms with Crippen molar-refractivity contribution in [2.75, 3.05) is 30.9 Å². The number of benzene rings is 3. The van der Waals surface area contributed by atoms with Crippen LogP contribution in [0.25, 0.3) is 10.8 Å². The van der Waals surface area contributed by atoms with E-state index in [2.05, 4.69) is 5.32 Å². The number of anilines is 2. The van der Waals surface area contributed by atoms with Crippen LogP contribution < -0.4 is 10.2 Å². The van der Waals surface area contributed by atoms with Crippen LogP contribution in [0.1, 0.15) is 10.4 Å². The van der Waals surface area contributed by atoms with Crippen LogP contribution in [0.3, 0.4) is 0 Å². The van der Waals surface area contributed by atoms with E-state index in [9.17, 15) is 9.59 Å². The third-order valence-corrected chi connectivity index (χ3v) is 3.99. The zero-order valence-corrected chi connectivity index (χ0v) is 14.7. The molecule has 26 heavy (non-hydrogen) atoms. The van der Waals surface area contributed by atoms with Crippen molar-refractivity contribution in [3.8, 4) is 0 Å². The van der Waals surface area contributed by atoms with Gasteiger partial charge in [0.05, 0.1) is 5.56 Å². The molecule has 0 bridgehead atoms. The molecule has 0 saturated carbocycles. The van der Waals surface area contributed by atoms with E-state index in [4.69, 9.17) is 4.74 Å². The smallest absolute Gasteiger partial charge is 0.338 e. The van der Waals surface area contributed by atoms with Crippen LogP contribution >= 0.6 is 0 Å². The Labute approximate surface area is 152 Å². The predicted molar refractivity (Wildman–Crippen MR) is 104 cm³/mol. The lowest BCUT2D eigenvalue weighted by Gasteiger charge is -2.12. The fraction of sp³-hybridized carbons (Fsp3) is 0.143. The first kappa shape index (κ1) is 17.5. The molecular formula is C21H20N2O3. The van der Waals surface area contributed by atoms with Gasteiger partial charge in [0.1, 0.15) is 0 Å². The lowest BCUT2D eigenvalue weighted by Crippen LogP contribution is -2.21. The lowest BCUT2D eigenvalue weighted by molar-refractivity contribution is -0.119. The van der Waals surface area contributed by atoms with Crippen molar-refractivity contribution in [1.29, 1.82) is 0 Å². The lowest BCUT2D eigenvalue weighted by atomic mass is 10.1. The molecule has 0 saturated heterocycles. The van der Waals surface area contributed by atoms with E-state index in [0.717, 1.165) is 16.5 Å². The SMILES string of the molecule is CN(C)c1ccc(C(=O)OCC(=O)Nc2ccc3ccccc3c2)cc1. The Hall–Kier alpha value is -3.34. The van der Waals surface area contributed by atoms with Gasteiger partial charge in [-0.15, -0.1) is 0 Å². The van der Waals surface area contributed by atoms with Gasteiger partial charge in [-0.2, -0.15) is 0 Å². The first-order valence-corrected chi connectivity index (χ1v) is 8.26. The number of esters is 1. The molecule has 0 aliphatic rings. The largest absolute Gasteiger partial charge is 0.452 e. The number of hydrogen-bond acceptors (Lipinski definition) is 4. The van der Waals surface area contributed by atoms with Crippen LogP contribution in [0.4, 0.5) is 11.4 Å². The Bertz CT molecular complexity index is 933. The minimum atomic E-state index is -0.524. The van der Waals surface area contributed by atoms with E-state index in [1.165, 1.54) is 0 Å². The number of nitrogens with one attached hydrogen (secondary N) is 1. The third kappa shape index (κ3) is 4.19. The van der Waals surface area contributed by atoms with Crippen molar-refractivity contribution in [2.45, 2.75) is 0 Å². The maximum absolute atomic E-state index is 12.0. The second kappa shape index (κ2) is 7.70. The molecule has 0 aromatic heterocycles. The molecule has 3 aromatic rings. The summed E-state index contributed by atoms with van der Waals surface area (Å²) < 4.78 is 5.09. The van der Waals surface area contributed by atoms with Gasteiger partial charge in [-0.1, -0.05) is 30.3 Å². The highest BCUT2D eigenvalue weighted by Crippen LogP contribution is 2.19. The highest BCUT2D eigenvalue weighted by molar-refractivity contribution is 5.97. The van der Waals surface area contributed by atoms with Crippen LogP contribution in [0.2, 0.25) is 0 Å². The van der Waals surface area contributed by atoms with Gasteiger partial charge in [-0.05, 0) is 47.2 Å². The normalized spacial score (nSPS) is 10.4. The third-order valence-electron chi connectivity index (χ3n) is 3.99. The first-order valence-electron chi connectivity index (χ1n) is 8.26. The second-order valence-corrected chi connectivity index (χ2v) is 6.13. The molecule has 0 heterocycles. The van der Waals surface area contributed by atoms with Crippen molar-refractivity contribution in [1.82, 2.24) is 0 Å². The fourth-order valence-electron chi connectivity index (χ4n) is 2.57. The van der Waals surface area contributed by atoms with Crippen LogP contribution in [0.5, 0.6) is 0 Å². The van der Waals surface area contributed by atoms with E-state index in [1.54, 1.807) is 12.1 Å². The van der Waals surface area contributed by atoms with Crippen molar-refractivity contribution in [3.05, 3.63) is 72.3 Å². The van der Waals surface area contributed by atoms with E-state index in [0.29, 0.717) is 11.3 Å². The summed E-state index contributed by atoms with van der Waals surface area (Å²) in [6.45, 7) is -0.332. The number of carbonyl (C=O) groups is 2. The number of amides is 1. The van der Waals surface area contributed by atoms with Gasteiger partial charge in [-0.3, -0.25) is 4.79 Å². The molecule has 0 radical (unpaired) electrons. The molecule has 0 fully saturated rings. The van der Waals surface area contributed by atoms with E-state index < -0.39 is 5.97 Å². The maximum atomic E-state index is 12.0. The molecule has 5 nitrogen and oxygen atoms in total. The minimum Gasteiger partial charge on any atom is -0.452 e. The average Bonchev–Trinajstić information content (AvgIpc) is 2.66. The van der Waals surface area contributed by atoms with Crippen molar-refractivity contribution in [3.63, 3.8) is 0 Å². The number of carbonyl (C=O) groups excluding carboxylic acids is 2. The average molecular weight is 348 g/mol. The van der Waals surface area contributed by atoms with Crippen LogP contribution in [0, 0.1) is 0 Å². The molecule has 3 rings (SSSR count). The van der Waals surface area contributed by atoms with Crippen molar-refractivity contribution < 1.29 is 14.3 Å². The van der Waals surface area contributed by atoms with E-state index >= 15 is 0 Å². The molecular weight excluding hydrogens is 328 g/mol. The zero-order valence-electron chi connectivity index (χ0n) is 14.7. The van der Waals surface area contributed by atoms with E-state index in [-0.39, 0.29) is 12.5 Å². The molecule has 3 aromatic carbocycles. The fourth-order valence-corrected chi connectivity index (χ4v) is 2.57. The Balaban J connectivity index is 1.56. The summed E-state index contributed by atoms with van der Waals surface area (Å²) in [5.74, 6) is -0.900. The molecule has 1 amide bonds. The summed E-state index contributed by atoms with van der Waals surface area (Å²) in [7, 11) is 3.84. The van der Waals surface area contributed by atoms with Gasteiger partial charge in [0.15, 0.2) is 6.61 Å². The molecule has 0 aliphatic carbocycles. The van der Waals surface area contributed by atoms with Crippen molar-refractivity contribution in [2.24, 2.45) is 0 Å². The molecule has 0 spiro atoms. The summed E-state index contributed by atoms with van der Waals surface area (Å²) >= 11 is 0. The standard InChI is InChI=1S/C21H20N2O3/c1-23(2)19-11-8-16(9-12-19)21(25)26-14-20(24)22-18-10-7-15-5-3-4-6-17(15)13-18/h3-13H,14H2,1-2H3,(H,22,24). The molecule has 0 atom stereocenters. The Morgan fingerprint density at radius 3 is 2.31 bits per heavy atom. The Morgan fingerprint density at radius 1 is 0.923 bits per heavy atom. The van der Waals surface area contributed by atoms with Gasteiger partial charge in [-0.25, -0.2) is 4.79 Å². The van der Waals surface area contributed by atoms with E-state index in [1.807, 2.05) is 73.6 Å². The Kier molecular flexibility index (Phi) is 5.17. The molecule has 5 heteroatoms. The van der Waals surface area contributed by atoms with Gasteiger partial charge in [0.2, 0.25) is 0 Å². The number of fused-ring (bicyclic) bond motifs is 1. The number of nitrogens with zero attached hydrogens (tertiary/aromatic N) is 1. The highest BCUT2D eigenvalue weighted by atomic mass is 16.5. The monoisotopic (exact) mass is 348 g/mol. The second-order valence-electron chi connectivity index (χ2n) is 6.13. The molecule has 0 unspecified atom stereocenters. The topological polar surface area (TPSA) is 58.6 Å². The quantitative estimate of drug-likeness (QED) is 0.714. The van der Waals surface area contributed by atoms with Gasteiger partial charge in [0, 0.05) is 25.5 Å². The predicted octanol–water partition coefficient (Wildman–Crippen LogP) is 3.70. The number of hydrogen-bond donors (Lipinski definition) is 1. The van der Waals surface area contributed by atoms with Gasteiger partial charge in [0.25, 0.3) is 5.91 Å². The number of ether oxygens (including phenoxy) is 1. The summed E-state index contributed by atoms with van der Waals surface area (Å²) in [5.41, 5.74) is 2.06. The summed E-state index contributed by atoms with van der Waals surface area (Å²) in [6, 6.07) is 20.5. The Morgan fingerprint density at radius 2 is 1.62 bits per heavy atom.